The SMILES string of the molecule is OCCCCCc1cssc1=S. The highest BCUT2D eigenvalue weighted by atomic mass is 32.9. The lowest BCUT2D eigenvalue weighted by Gasteiger charge is -1.95. The van der Waals surface area contributed by atoms with E-state index in [1.54, 1.807) is 20.7 Å². The Morgan fingerprint density at radius 3 is 2.75 bits per heavy atom. The van der Waals surface area contributed by atoms with Crippen LogP contribution in [0.25, 0.3) is 0 Å². The second-order valence-corrected chi connectivity index (χ2v) is 5.39. The molecule has 0 aliphatic rings. The van der Waals surface area contributed by atoms with Gasteiger partial charge in [0.15, 0.2) is 0 Å². The van der Waals surface area contributed by atoms with E-state index in [0.717, 1.165) is 29.5 Å². The topological polar surface area (TPSA) is 20.2 Å². The summed E-state index contributed by atoms with van der Waals surface area (Å²) < 4.78 is 1.05. The lowest BCUT2D eigenvalue weighted by atomic mass is 10.1. The molecule has 0 aromatic carbocycles. The van der Waals surface area contributed by atoms with Gasteiger partial charge in [-0.2, -0.15) is 0 Å². The summed E-state index contributed by atoms with van der Waals surface area (Å²) in [6.07, 6.45) is 4.25. The Morgan fingerprint density at radius 2 is 2.17 bits per heavy atom. The van der Waals surface area contributed by atoms with Crippen molar-refractivity contribution in [1.29, 1.82) is 0 Å². The van der Waals surface area contributed by atoms with Crippen molar-refractivity contribution >= 4 is 32.9 Å². The van der Waals surface area contributed by atoms with Gasteiger partial charge in [-0.1, -0.05) is 39.3 Å². The summed E-state index contributed by atoms with van der Waals surface area (Å²) >= 11 is 5.14. The maximum absolute atomic E-state index is 8.56. The summed E-state index contributed by atoms with van der Waals surface area (Å²) in [7, 11) is 3.39. The highest BCUT2D eigenvalue weighted by molar-refractivity contribution is 7.79. The van der Waals surface area contributed by atoms with E-state index < -0.39 is 0 Å². The second-order valence-electron chi connectivity index (χ2n) is 2.64. The molecular weight excluding hydrogens is 208 g/mol. The number of rotatable bonds is 5. The van der Waals surface area contributed by atoms with Crippen molar-refractivity contribution in [2.75, 3.05) is 6.61 Å². The second kappa shape index (κ2) is 5.80. The van der Waals surface area contributed by atoms with Crippen LogP contribution in [0.2, 0.25) is 0 Å². The zero-order valence-corrected chi connectivity index (χ0v) is 9.23. The quantitative estimate of drug-likeness (QED) is 0.467. The Bertz CT molecular complexity index is 263. The van der Waals surface area contributed by atoms with Gasteiger partial charge in [0.05, 0.1) is 0 Å². The predicted molar refractivity (Wildman–Crippen MR) is 57.7 cm³/mol. The van der Waals surface area contributed by atoms with Crippen LogP contribution >= 0.6 is 32.9 Å². The van der Waals surface area contributed by atoms with Gasteiger partial charge in [-0.25, -0.2) is 0 Å². The van der Waals surface area contributed by atoms with Crippen LogP contribution in [0, 0.1) is 3.82 Å². The molecule has 0 amide bonds. The lowest BCUT2D eigenvalue weighted by Crippen LogP contribution is -1.86. The molecule has 0 fully saturated rings. The van der Waals surface area contributed by atoms with Gasteiger partial charge >= 0.3 is 0 Å². The summed E-state index contributed by atoms with van der Waals surface area (Å²) in [6.45, 7) is 0.312. The molecule has 0 bridgehead atoms. The van der Waals surface area contributed by atoms with Crippen molar-refractivity contribution in [3.63, 3.8) is 0 Å². The number of aliphatic hydroxyl groups is 1. The first-order valence-corrected chi connectivity index (χ1v) is 6.64. The third-order valence-electron chi connectivity index (χ3n) is 1.68. The van der Waals surface area contributed by atoms with Gasteiger partial charge in [0, 0.05) is 12.0 Å². The van der Waals surface area contributed by atoms with E-state index >= 15 is 0 Å². The molecule has 1 N–H and O–H groups in total. The fourth-order valence-corrected chi connectivity index (χ4v) is 3.49. The van der Waals surface area contributed by atoms with Crippen LogP contribution in [0.5, 0.6) is 0 Å². The highest BCUT2D eigenvalue weighted by Crippen LogP contribution is 2.18. The standard InChI is InChI=1S/C8H12OS3/c9-5-3-1-2-4-7-6-11-12-8(7)10/h6,9H,1-5H2. The van der Waals surface area contributed by atoms with E-state index in [0.29, 0.717) is 6.61 Å². The number of hydrogen-bond donors (Lipinski definition) is 1. The number of unbranched alkanes of at least 4 members (excludes halogenated alkanes) is 2. The van der Waals surface area contributed by atoms with E-state index in [9.17, 15) is 0 Å². The van der Waals surface area contributed by atoms with Crippen LogP contribution in [0.4, 0.5) is 0 Å². The predicted octanol–water partition coefficient (Wildman–Crippen LogP) is 3.24. The molecule has 1 heterocycles. The lowest BCUT2D eigenvalue weighted by molar-refractivity contribution is 0.283. The van der Waals surface area contributed by atoms with E-state index in [2.05, 4.69) is 5.38 Å². The van der Waals surface area contributed by atoms with Crippen molar-refractivity contribution in [2.24, 2.45) is 0 Å². The first-order chi connectivity index (χ1) is 5.84. The normalized spacial score (nSPS) is 10.4. The average Bonchev–Trinajstić information content (AvgIpc) is 2.46. The summed E-state index contributed by atoms with van der Waals surface area (Å²) in [5.41, 5.74) is 1.32. The molecule has 0 aliphatic heterocycles. The van der Waals surface area contributed by atoms with Gasteiger partial charge in [0.25, 0.3) is 0 Å². The van der Waals surface area contributed by atoms with Gasteiger partial charge in [-0.3, -0.25) is 0 Å². The molecule has 0 spiro atoms. The third kappa shape index (κ3) is 3.31. The summed E-state index contributed by atoms with van der Waals surface area (Å²) in [4.78, 5) is 0. The number of aryl methyl sites for hydroxylation is 1. The van der Waals surface area contributed by atoms with Crippen molar-refractivity contribution < 1.29 is 5.11 Å². The summed E-state index contributed by atoms with van der Waals surface area (Å²) in [6, 6.07) is 0. The molecule has 0 saturated heterocycles. The van der Waals surface area contributed by atoms with Gasteiger partial charge < -0.3 is 5.11 Å². The molecule has 0 radical (unpaired) electrons. The molecule has 0 atom stereocenters. The maximum Gasteiger partial charge on any atom is 0.105 e. The minimum atomic E-state index is 0.312. The maximum atomic E-state index is 8.56. The van der Waals surface area contributed by atoms with Crippen LogP contribution in [0.1, 0.15) is 24.8 Å². The Kier molecular flexibility index (Phi) is 4.99. The van der Waals surface area contributed by atoms with E-state index in [1.165, 1.54) is 5.56 Å². The van der Waals surface area contributed by atoms with Crippen LogP contribution in [-0.4, -0.2) is 11.7 Å². The fourth-order valence-electron chi connectivity index (χ4n) is 0.992. The molecule has 0 aliphatic carbocycles. The van der Waals surface area contributed by atoms with Crippen LogP contribution in [0.15, 0.2) is 5.38 Å². The minimum Gasteiger partial charge on any atom is -0.396 e. The third-order valence-corrected chi connectivity index (χ3v) is 4.48. The molecule has 1 rings (SSSR count). The largest absolute Gasteiger partial charge is 0.396 e. The molecule has 0 saturated carbocycles. The first kappa shape index (κ1) is 10.3. The monoisotopic (exact) mass is 220 g/mol. The molecule has 1 nitrogen and oxygen atoms in total. The first-order valence-electron chi connectivity index (χ1n) is 4.02. The van der Waals surface area contributed by atoms with Gasteiger partial charge in [0.1, 0.15) is 3.82 Å². The number of aliphatic hydroxyl groups excluding tert-OH is 1. The van der Waals surface area contributed by atoms with E-state index in [4.69, 9.17) is 17.3 Å². The van der Waals surface area contributed by atoms with Crippen molar-refractivity contribution in [1.82, 2.24) is 0 Å². The van der Waals surface area contributed by atoms with Gasteiger partial charge in [0.2, 0.25) is 0 Å². The van der Waals surface area contributed by atoms with Crippen LogP contribution in [-0.2, 0) is 6.42 Å². The number of hydrogen-bond acceptors (Lipinski definition) is 4. The Labute approximate surface area is 85.1 Å². The zero-order valence-electron chi connectivity index (χ0n) is 6.78. The smallest absolute Gasteiger partial charge is 0.105 e. The van der Waals surface area contributed by atoms with Crippen molar-refractivity contribution in [3.05, 3.63) is 14.8 Å². The molecule has 4 heteroatoms. The van der Waals surface area contributed by atoms with Gasteiger partial charge in [-0.05, 0) is 24.8 Å². The average molecular weight is 220 g/mol. The van der Waals surface area contributed by atoms with Crippen LogP contribution < -0.4 is 0 Å². The van der Waals surface area contributed by atoms with Crippen LogP contribution in [0.3, 0.4) is 0 Å². The molecule has 68 valence electrons. The van der Waals surface area contributed by atoms with E-state index in [-0.39, 0.29) is 0 Å². The molecule has 1 aromatic rings. The van der Waals surface area contributed by atoms with Crippen molar-refractivity contribution in [2.45, 2.75) is 25.7 Å². The Hall–Kier alpha value is 0.230. The molecular formula is C8H12OS3. The summed E-state index contributed by atoms with van der Waals surface area (Å²) in [5, 5.41) is 10.7. The fraction of sp³-hybridized carbons (Fsp3) is 0.625. The Morgan fingerprint density at radius 1 is 1.33 bits per heavy atom. The van der Waals surface area contributed by atoms with Crippen molar-refractivity contribution in [3.8, 4) is 0 Å². The van der Waals surface area contributed by atoms with Gasteiger partial charge in [-0.15, -0.1) is 0 Å². The van der Waals surface area contributed by atoms with E-state index in [1.807, 2.05) is 0 Å². The summed E-state index contributed by atoms with van der Waals surface area (Å²) in [5.74, 6) is 0. The minimum absolute atomic E-state index is 0.312. The molecule has 0 unspecified atom stereocenters. The highest BCUT2D eigenvalue weighted by Gasteiger charge is 1.96. The zero-order chi connectivity index (χ0) is 8.81. The Balaban J connectivity index is 2.24. The molecule has 12 heavy (non-hydrogen) atoms. The molecule has 1 aromatic heterocycles.